The SMILES string of the molecule is Nc1n[nH]c(-c2cc(F)ccc2F)c1C=O. The van der Waals surface area contributed by atoms with Gasteiger partial charge in [-0.2, -0.15) is 5.10 Å². The van der Waals surface area contributed by atoms with Crippen LogP contribution in [0.5, 0.6) is 0 Å². The maximum atomic E-state index is 13.4. The lowest BCUT2D eigenvalue weighted by Crippen LogP contribution is -1.93. The van der Waals surface area contributed by atoms with Crippen molar-refractivity contribution in [1.82, 2.24) is 10.2 Å². The number of carbonyl (C=O) groups is 1. The Bertz CT molecular complexity index is 551. The van der Waals surface area contributed by atoms with E-state index in [9.17, 15) is 13.6 Å². The number of anilines is 1. The molecular formula is C10H7F2N3O. The summed E-state index contributed by atoms with van der Waals surface area (Å²) < 4.78 is 26.4. The van der Waals surface area contributed by atoms with Gasteiger partial charge in [0.15, 0.2) is 12.1 Å². The Labute approximate surface area is 89.1 Å². The molecule has 82 valence electrons. The molecule has 4 nitrogen and oxygen atoms in total. The summed E-state index contributed by atoms with van der Waals surface area (Å²) in [6.45, 7) is 0. The first-order valence-corrected chi connectivity index (χ1v) is 4.38. The Hall–Kier alpha value is -2.24. The Morgan fingerprint density at radius 3 is 2.81 bits per heavy atom. The molecule has 1 aromatic heterocycles. The van der Waals surface area contributed by atoms with Crippen LogP contribution >= 0.6 is 0 Å². The molecule has 0 unspecified atom stereocenters. The van der Waals surface area contributed by atoms with E-state index in [1.165, 1.54) is 0 Å². The van der Waals surface area contributed by atoms with E-state index >= 15 is 0 Å². The summed E-state index contributed by atoms with van der Waals surface area (Å²) in [4.78, 5) is 10.7. The van der Waals surface area contributed by atoms with E-state index < -0.39 is 11.6 Å². The zero-order valence-electron chi connectivity index (χ0n) is 8.00. The topological polar surface area (TPSA) is 71.8 Å². The highest BCUT2D eigenvalue weighted by Gasteiger charge is 2.15. The lowest BCUT2D eigenvalue weighted by molar-refractivity contribution is 0.112. The van der Waals surface area contributed by atoms with E-state index in [4.69, 9.17) is 5.73 Å². The number of aromatic amines is 1. The van der Waals surface area contributed by atoms with Crippen molar-refractivity contribution in [2.45, 2.75) is 0 Å². The molecule has 2 aromatic rings. The number of H-pyrrole nitrogens is 1. The van der Waals surface area contributed by atoms with E-state index in [1.807, 2.05) is 0 Å². The molecule has 0 saturated carbocycles. The molecule has 2 rings (SSSR count). The number of halogens is 2. The molecule has 0 bridgehead atoms. The quantitative estimate of drug-likeness (QED) is 0.762. The van der Waals surface area contributed by atoms with Gasteiger partial charge in [-0.3, -0.25) is 9.89 Å². The molecule has 0 saturated heterocycles. The molecule has 0 radical (unpaired) electrons. The average Bonchev–Trinajstić information content (AvgIpc) is 2.63. The summed E-state index contributed by atoms with van der Waals surface area (Å²) in [7, 11) is 0. The fourth-order valence-corrected chi connectivity index (χ4v) is 1.38. The van der Waals surface area contributed by atoms with Gasteiger partial charge in [-0.25, -0.2) is 8.78 Å². The molecule has 1 heterocycles. The molecule has 0 fully saturated rings. The molecule has 0 atom stereocenters. The van der Waals surface area contributed by atoms with Crippen LogP contribution in [-0.2, 0) is 0 Å². The number of aldehydes is 1. The van der Waals surface area contributed by atoms with Crippen LogP contribution in [-0.4, -0.2) is 16.5 Å². The van der Waals surface area contributed by atoms with Crippen molar-refractivity contribution >= 4 is 12.1 Å². The largest absolute Gasteiger partial charge is 0.382 e. The van der Waals surface area contributed by atoms with Crippen molar-refractivity contribution in [2.24, 2.45) is 0 Å². The van der Waals surface area contributed by atoms with Crippen LogP contribution in [0, 0.1) is 11.6 Å². The molecule has 6 heteroatoms. The first-order chi connectivity index (χ1) is 7.63. The van der Waals surface area contributed by atoms with Crippen molar-refractivity contribution in [2.75, 3.05) is 5.73 Å². The Morgan fingerprint density at radius 2 is 2.12 bits per heavy atom. The van der Waals surface area contributed by atoms with Gasteiger partial charge < -0.3 is 5.73 Å². The van der Waals surface area contributed by atoms with Gasteiger partial charge in [-0.1, -0.05) is 0 Å². The number of nitrogens with zero attached hydrogens (tertiary/aromatic N) is 1. The molecule has 0 amide bonds. The maximum absolute atomic E-state index is 13.4. The monoisotopic (exact) mass is 223 g/mol. The minimum Gasteiger partial charge on any atom is -0.382 e. The molecule has 16 heavy (non-hydrogen) atoms. The predicted octanol–water partition coefficient (Wildman–Crippen LogP) is 1.75. The Balaban J connectivity index is 2.66. The smallest absolute Gasteiger partial charge is 0.156 e. The van der Waals surface area contributed by atoms with Crippen LogP contribution in [0.25, 0.3) is 11.3 Å². The van der Waals surface area contributed by atoms with Crippen molar-refractivity contribution in [3.05, 3.63) is 35.4 Å². The summed E-state index contributed by atoms with van der Waals surface area (Å²) in [5.41, 5.74) is 5.40. The van der Waals surface area contributed by atoms with Gasteiger partial charge in [-0.15, -0.1) is 0 Å². The summed E-state index contributed by atoms with van der Waals surface area (Å²) in [6, 6.07) is 2.92. The van der Waals surface area contributed by atoms with Crippen molar-refractivity contribution in [3.63, 3.8) is 0 Å². The Kier molecular flexibility index (Phi) is 2.40. The number of hydrogen-bond donors (Lipinski definition) is 2. The number of nitrogen functional groups attached to an aromatic ring is 1. The number of nitrogens with one attached hydrogen (secondary N) is 1. The fourth-order valence-electron chi connectivity index (χ4n) is 1.38. The van der Waals surface area contributed by atoms with Gasteiger partial charge in [0.1, 0.15) is 11.6 Å². The highest BCUT2D eigenvalue weighted by atomic mass is 19.1. The minimum absolute atomic E-state index is 0.0181. The second-order valence-corrected chi connectivity index (χ2v) is 3.14. The number of rotatable bonds is 2. The third-order valence-electron chi connectivity index (χ3n) is 2.15. The predicted molar refractivity (Wildman–Crippen MR) is 53.7 cm³/mol. The van der Waals surface area contributed by atoms with Crippen molar-refractivity contribution in [1.29, 1.82) is 0 Å². The van der Waals surface area contributed by atoms with E-state index in [0.717, 1.165) is 18.2 Å². The van der Waals surface area contributed by atoms with Gasteiger partial charge in [0.25, 0.3) is 0 Å². The van der Waals surface area contributed by atoms with Crippen LogP contribution in [0.4, 0.5) is 14.6 Å². The third-order valence-corrected chi connectivity index (χ3v) is 2.15. The summed E-state index contributed by atoms with van der Waals surface area (Å²) in [6.07, 6.45) is 0.443. The second-order valence-electron chi connectivity index (χ2n) is 3.14. The second kappa shape index (κ2) is 3.73. The molecule has 0 aliphatic rings. The van der Waals surface area contributed by atoms with E-state index in [0.29, 0.717) is 6.29 Å². The van der Waals surface area contributed by atoms with E-state index in [1.54, 1.807) is 0 Å². The number of benzene rings is 1. The van der Waals surface area contributed by atoms with E-state index in [-0.39, 0.29) is 22.6 Å². The standard InChI is InChI=1S/C10H7F2N3O/c11-5-1-2-8(12)6(3-5)9-7(4-16)10(13)15-14-9/h1-4H,(H3,13,14,15). The van der Waals surface area contributed by atoms with Gasteiger partial charge in [0.05, 0.1) is 11.3 Å². The lowest BCUT2D eigenvalue weighted by atomic mass is 10.1. The number of nitrogens with two attached hydrogens (primary N) is 1. The summed E-state index contributed by atoms with van der Waals surface area (Å²) in [5, 5.41) is 5.96. The molecule has 0 aliphatic heterocycles. The minimum atomic E-state index is -0.659. The fraction of sp³-hybridized carbons (Fsp3) is 0. The molecule has 3 N–H and O–H groups in total. The normalized spacial score (nSPS) is 10.4. The average molecular weight is 223 g/mol. The zero-order chi connectivity index (χ0) is 11.7. The highest BCUT2D eigenvalue weighted by Crippen LogP contribution is 2.26. The number of carbonyl (C=O) groups excluding carboxylic acids is 1. The van der Waals surface area contributed by atoms with Gasteiger partial charge in [0, 0.05) is 5.56 Å². The molecular weight excluding hydrogens is 216 g/mol. The van der Waals surface area contributed by atoms with Crippen molar-refractivity contribution in [3.8, 4) is 11.3 Å². The molecule has 1 aromatic carbocycles. The van der Waals surface area contributed by atoms with Crippen LogP contribution in [0.3, 0.4) is 0 Å². The molecule has 0 aliphatic carbocycles. The first kappa shape index (κ1) is 10.3. The van der Waals surface area contributed by atoms with Crippen LogP contribution in [0.2, 0.25) is 0 Å². The maximum Gasteiger partial charge on any atom is 0.156 e. The van der Waals surface area contributed by atoms with Crippen molar-refractivity contribution < 1.29 is 13.6 Å². The van der Waals surface area contributed by atoms with Gasteiger partial charge in [0.2, 0.25) is 0 Å². The third kappa shape index (κ3) is 1.54. The Morgan fingerprint density at radius 1 is 1.38 bits per heavy atom. The van der Waals surface area contributed by atoms with Gasteiger partial charge >= 0.3 is 0 Å². The van der Waals surface area contributed by atoms with E-state index in [2.05, 4.69) is 10.2 Å². The zero-order valence-corrected chi connectivity index (χ0v) is 8.00. The van der Waals surface area contributed by atoms with Crippen LogP contribution in [0.15, 0.2) is 18.2 Å². The molecule has 0 spiro atoms. The summed E-state index contributed by atoms with van der Waals surface area (Å²) >= 11 is 0. The number of hydrogen-bond acceptors (Lipinski definition) is 3. The van der Waals surface area contributed by atoms with Gasteiger partial charge in [-0.05, 0) is 18.2 Å². The highest BCUT2D eigenvalue weighted by molar-refractivity contribution is 5.91. The van der Waals surface area contributed by atoms with Crippen LogP contribution in [0.1, 0.15) is 10.4 Å². The summed E-state index contributed by atoms with van der Waals surface area (Å²) in [5.74, 6) is -1.32. The van der Waals surface area contributed by atoms with Crippen LogP contribution < -0.4 is 5.73 Å². The first-order valence-electron chi connectivity index (χ1n) is 4.38. The number of aromatic nitrogens is 2. The lowest BCUT2D eigenvalue weighted by Gasteiger charge is -2.01.